The molecule has 0 spiro atoms. The van der Waals surface area contributed by atoms with Gasteiger partial charge in [0.1, 0.15) is 0 Å². The van der Waals surface area contributed by atoms with Gasteiger partial charge in [-0.25, -0.2) is 4.79 Å². The van der Waals surface area contributed by atoms with Crippen LogP contribution in [0.1, 0.15) is 23.6 Å². The number of rotatable bonds is 3. The molecule has 0 saturated carbocycles. The SMILES string of the molecule is CCOC(=O)N1C=Cc2ccccc2C1(C#N)Cc1ccccc1. The molecule has 4 nitrogen and oxygen atoms in total. The van der Waals surface area contributed by atoms with E-state index in [0.29, 0.717) is 6.42 Å². The fourth-order valence-corrected chi connectivity index (χ4v) is 3.07. The Bertz CT molecular complexity index is 808. The predicted octanol–water partition coefficient (Wildman–Crippen LogP) is 4.09. The van der Waals surface area contributed by atoms with E-state index >= 15 is 0 Å². The van der Waals surface area contributed by atoms with E-state index in [9.17, 15) is 10.1 Å². The Morgan fingerprint density at radius 3 is 2.58 bits per heavy atom. The summed E-state index contributed by atoms with van der Waals surface area (Å²) in [5.74, 6) is 0. The Kier molecular flexibility index (Phi) is 4.35. The number of benzene rings is 2. The van der Waals surface area contributed by atoms with Crippen LogP contribution in [0.25, 0.3) is 6.08 Å². The lowest BCUT2D eigenvalue weighted by molar-refractivity contribution is 0.0937. The summed E-state index contributed by atoms with van der Waals surface area (Å²) in [6.07, 6.45) is 3.37. The van der Waals surface area contributed by atoms with Crippen LogP contribution in [-0.4, -0.2) is 17.6 Å². The second kappa shape index (κ2) is 6.59. The average Bonchev–Trinajstić information content (AvgIpc) is 2.63. The van der Waals surface area contributed by atoms with Crippen LogP contribution in [0.3, 0.4) is 0 Å². The van der Waals surface area contributed by atoms with Crippen molar-refractivity contribution < 1.29 is 9.53 Å². The molecule has 1 aliphatic heterocycles. The molecule has 0 N–H and O–H groups in total. The van der Waals surface area contributed by atoms with E-state index in [1.165, 1.54) is 4.90 Å². The van der Waals surface area contributed by atoms with Gasteiger partial charge in [0, 0.05) is 18.2 Å². The first-order valence-corrected chi connectivity index (χ1v) is 7.90. The quantitative estimate of drug-likeness (QED) is 0.856. The first-order chi connectivity index (χ1) is 11.7. The van der Waals surface area contributed by atoms with Crippen LogP contribution in [0.5, 0.6) is 0 Å². The van der Waals surface area contributed by atoms with Crippen molar-refractivity contribution in [2.45, 2.75) is 18.9 Å². The molecule has 4 heteroatoms. The summed E-state index contributed by atoms with van der Waals surface area (Å²) in [6.45, 7) is 2.02. The maximum absolute atomic E-state index is 12.5. The molecule has 1 amide bonds. The lowest BCUT2D eigenvalue weighted by Gasteiger charge is -2.39. The molecule has 2 aromatic rings. The van der Waals surface area contributed by atoms with Crippen molar-refractivity contribution in [3.8, 4) is 6.07 Å². The molecule has 0 aliphatic carbocycles. The molecular weight excluding hydrogens is 300 g/mol. The van der Waals surface area contributed by atoms with Gasteiger partial charge >= 0.3 is 6.09 Å². The van der Waals surface area contributed by atoms with Gasteiger partial charge in [-0.05, 0) is 24.1 Å². The summed E-state index contributed by atoms with van der Waals surface area (Å²) in [7, 11) is 0. The number of nitrogens with zero attached hydrogens (tertiary/aromatic N) is 2. The summed E-state index contributed by atoms with van der Waals surface area (Å²) < 4.78 is 5.18. The Hall–Kier alpha value is -3.06. The van der Waals surface area contributed by atoms with Crippen molar-refractivity contribution in [1.29, 1.82) is 5.26 Å². The number of hydrogen-bond acceptors (Lipinski definition) is 3. The standard InChI is InChI=1S/C20H18N2O2/c1-2-24-19(23)22-13-12-17-10-6-7-11-18(17)20(22,15-21)14-16-8-4-3-5-9-16/h3-13H,2,14H2,1H3. The molecule has 24 heavy (non-hydrogen) atoms. The monoisotopic (exact) mass is 318 g/mol. The smallest absolute Gasteiger partial charge is 0.415 e. The van der Waals surface area contributed by atoms with Crippen molar-refractivity contribution >= 4 is 12.2 Å². The maximum Gasteiger partial charge on any atom is 0.415 e. The molecule has 0 bridgehead atoms. The van der Waals surface area contributed by atoms with Gasteiger partial charge in [0.2, 0.25) is 0 Å². The average molecular weight is 318 g/mol. The topological polar surface area (TPSA) is 53.3 Å². The zero-order chi connectivity index (χ0) is 17.0. The van der Waals surface area contributed by atoms with Crippen LogP contribution in [0.2, 0.25) is 0 Å². The van der Waals surface area contributed by atoms with Crippen LogP contribution in [0.4, 0.5) is 4.79 Å². The number of carbonyl (C=O) groups excluding carboxylic acids is 1. The highest BCUT2D eigenvalue weighted by atomic mass is 16.6. The van der Waals surface area contributed by atoms with Crippen LogP contribution < -0.4 is 0 Å². The molecule has 1 aliphatic rings. The normalized spacial score (nSPS) is 18.6. The molecule has 120 valence electrons. The summed E-state index contributed by atoms with van der Waals surface area (Å²) in [5, 5.41) is 10.1. The van der Waals surface area contributed by atoms with E-state index in [1.807, 2.05) is 60.7 Å². The van der Waals surface area contributed by atoms with Crippen molar-refractivity contribution in [1.82, 2.24) is 4.90 Å². The first-order valence-electron chi connectivity index (χ1n) is 7.90. The van der Waals surface area contributed by atoms with Crippen molar-refractivity contribution in [2.75, 3.05) is 6.61 Å². The Balaban J connectivity index is 2.13. The minimum atomic E-state index is -1.13. The van der Waals surface area contributed by atoms with E-state index in [4.69, 9.17) is 4.74 Å². The molecule has 0 aromatic heterocycles. The highest BCUT2D eigenvalue weighted by molar-refractivity contribution is 5.76. The van der Waals surface area contributed by atoms with Gasteiger partial charge in [0.15, 0.2) is 5.54 Å². The second-order valence-electron chi connectivity index (χ2n) is 5.61. The number of nitriles is 1. The highest BCUT2D eigenvalue weighted by Gasteiger charge is 2.44. The van der Waals surface area contributed by atoms with Crippen LogP contribution in [0.15, 0.2) is 60.8 Å². The summed E-state index contributed by atoms with van der Waals surface area (Å²) in [6, 6.07) is 19.8. The molecule has 2 aromatic carbocycles. The third-order valence-electron chi connectivity index (χ3n) is 4.17. The molecular formula is C20H18N2O2. The molecule has 3 rings (SSSR count). The molecule has 0 radical (unpaired) electrons. The molecule has 0 saturated heterocycles. The van der Waals surface area contributed by atoms with Crippen LogP contribution in [0, 0.1) is 11.3 Å². The van der Waals surface area contributed by atoms with Gasteiger partial charge in [-0.2, -0.15) is 5.26 Å². The molecule has 0 fully saturated rings. The zero-order valence-electron chi connectivity index (χ0n) is 13.5. The fraction of sp³-hybridized carbons (Fsp3) is 0.200. The molecule has 1 heterocycles. The van der Waals surface area contributed by atoms with Crippen molar-refractivity contribution in [2.24, 2.45) is 0 Å². The van der Waals surface area contributed by atoms with Crippen LogP contribution in [-0.2, 0) is 16.7 Å². The third-order valence-corrected chi connectivity index (χ3v) is 4.17. The molecule has 1 atom stereocenters. The van der Waals surface area contributed by atoms with E-state index < -0.39 is 11.6 Å². The number of hydrogen-bond donors (Lipinski definition) is 0. The highest BCUT2D eigenvalue weighted by Crippen LogP contribution is 2.39. The van der Waals surface area contributed by atoms with Crippen molar-refractivity contribution in [3.63, 3.8) is 0 Å². The summed E-state index contributed by atoms with van der Waals surface area (Å²) >= 11 is 0. The van der Waals surface area contributed by atoms with E-state index in [0.717, 1.165) is 16.7 Å². The van der Waals surface area contributed by atoms with E-state index in [-0.39, 0.29) is 6.61 Å². The zero-order valence-corrected chi connectivity index (χ0v) is 13.5. The van der Waals surface area contributed by atoms with E-state index in [2.05, 4.69) is 6.07 Å². The van der Waals surface area contributed by atoms with Gasteiger partial charge in [-0.15, -0.1) is 0 Å². The summed E-state index contributed by atoms with van der Waals surface area (Å²) in [5.41, 5.74) is 1.61. The van der Waals surface area contributed by atoms with Gasteiger partial charge in [-0.3, -0.25) is 4.90 Å². The number of fused-ring (bicyclic) bond motifs is 1. The predicted molar refractivity (Wildman–Crippen MR) is 91.8 cm³/mol. The van der Waals surface area contributed by atoms with Gasteiger partial charge in [0.25, 0.3) is 0 Å². The number of amides is 1. The first kappa shape index (κ1) is 15.8. The minimum absolute atomic E-state index is 0.262. The van der Waals surface area contributed by atoms with Crippen molar-refractivity contribution in [3.05, 3.63) is 77.5 Å². The molecule has 1 unspecified atom stereocenters. The van der Waals surface area contributed by atoms with Crippen LogP contribution >= 0.6 is 0 Å². The minimum Gasteiger partial charge on any atom is -0.449 e. The van der Waals surface area contributed by atoms with E-state index in [1.54, 1.807) is 13.1 Å². The van der Waals surface area contributed by atoms with Gasteiger partial charge < -0.3 is 4.74 Å². The second-order valence-corrected chi connectivity index (χ2v) is 5.61. The lowest BCUT2D eigenvalue weighted by atomic mass is 9.79. The number of carbonyl (C=O) groups is 1. The Labute approximate surface area is 141 Å². The Morgan fingerprint density at radius 2 is 1.88 bits per heavy atom. The van der Waals surface area contributed by atoms with Gasteiger partial charge in [0.05, 0.1) is 12.7 Å². The lowest BCUT2D eigenvalue weighted by Crippen LogP contribution is -2.49. The third kappa shape index (κ3) is 2.65. The maximum atomic E-state index is 12.5. The largest absolute Gasteiger partial charge is 0.449 e. The fourth-order valence-electron chi connectivity index (χ4n) is 3.07. The van der Waals surface area contributed by atoms with Gasteiger partial charge in [-0.1, -0.05) is 54.6 Å². The number of ether oxygens (including phenoxy) is 1. The summed E-state index contributed by atoms with van der Waals surface area (Å²) in [4.78, 5) is 13.9. The Morgan fingerprint density at radius 1 is 1.17 bits per heavy atom.